The fraction of sp³-hybridized carbons (Fsp3) is 0.0408. The molecule has 0 fully saturated rings. The maximum Gasteiger partial charge on any atom is 0.165 e. The van der Waals surface area contributed by atoms with Crippen molar-refractivity contribution in [2.45, 2.75) is 12.8 Å². The van der Waals surface area contributed by atoms with Gasteiger partial charge in [-0.15, -0.1) is 0 Å². The monoisotopic (exact) mass is 693 g/mol. The standard InChI is InChI=1S/C49H31N3O2/c1-2-11-30(12-3-1)32-21-24-33(25-22-32)36-27-28-43-45(38-16-7-9-19-41(38)54-43)46(36)49-51-47(35-26-23-31-13-4-5-14-34(31)29-35)50-48(52-49)39-17-10-20-42-44(39)37-15-6-8-18-40(37)53-42/h1-9,11-19,21-29H,10,20H2. The number of para-hydroxylation sites is 2. The Morgan fingerprint density at radius 3 is 1.93 bits per heavy atom. The molecule has 0 radical (unpaired) electrons. The van der Waals surface area contributed by atoms with Crippen LogP contribution in [0.3, 0.4) is 0 Å². The van der Waals surface area contributed by atoms with Crippen molar-refractivity contribution in [2.24, 2.45) is 0 Å². The van der Waals surface area contributed by atoms with E-state index in [1.54, 1.807) is 0 Å². The van der Waals surface area contributed by atoms with E-state index in [-0.39, 0.29) is 0 Å². The number of hydrogen-bond acceptors (Lipinski definition) is 5. The summed E-state index contributed by atoms with van der Waals surface area (Å²) >= 11 is 0. The SMILES string of the molecule is C1=C(c2nc(-c3ccc4ccccc4c3)nc(-c3c(-c4ccc(-c5ccccc5)cc4)ccc4oc5ccccc5c34)n2)c2c(oc3ccccc23)CC1. The highest BCUT2D eigenvalue weighted by atomic mass is 16.3. The summed E-state index contributed by atoms with van der Waals surface area (Å²) in [5.74, 6) is 2.77. The molecule has 1 aliphatic rings. The third-order valence-electron chi connectivity index (χ3n) is 10.6. The second kappa shape index (κ2) is 12.2. The van der Waals surface area contributed by atoms with E-state index in [1.807, 2.05) is 30.3 Å². The Hall–Kier alpha value is -7.11. The van der Waals surface area contributed by atoms with Gasteiger partial charge in [0, 0.05) is 44.8 Å². The van der Waals surface area contributed by atoms with Crippen LogP contribution in [-0.2, 0) is 6.42 Å². The predicted molar refractivity (Wildman–Crippen MR) is 218 cm³/mol. The molecule has 0 unspecified atom stereocenters. The van der Waals surface area contributed by atoms with E-state index >= 15 is 0 Å². The zero-order chi connectivity index (χ0) is 35.6. The van der Waals surface area contributed by atoms with Crippen LogP contribution >= 0.6 is 0 Å². The van der Waals surface area contributed by atoms with Gasteiger partial charge in [0.1, 0.15) is 22.5 Å². The fourth-order valence-corrected chi connectivity index (χ4v) is 8.05. The Bertz CT molecular complexity index is 3100. The lowest BCUT2D eigenvalue weighted by atomic mass is 9.92. The van der Waals surface area contributed by atoms with E-state index in [2.05, 4.69) is 133 Å². The molecule has 3 aromatic heterocycles. The van der Waals surface area contributed by atoms with E-state index in [9.17, 15) is 0 Å². The van der Waals surface area contributed by atoms with Gasteiger partial charge in [0.25, 0.3) is 0 Å². The van der Waals surface area contributed by atoms with Crippen LogP contribution in [-0.4, -0.2) is 15.0 Å². The zero-order valence-corrected chi connectivity index (χ0v) is 29.2. The highest BCUT2D eigenvalue weighted by molar-refractivity contribution is 6.15. The molecule has 54 heavy (non-hydrogen) atoms. The van der Waals surface area contributed by atoms with Crippen molar-refractivity contribution in [1.29, 1.82) is 0 Å². The van der Waals surface area contributed by atoms with Crippen molar-refractivity contribution in [2.75, 3.05) is 0 Å². The first-order valence-corrected chi connectivity index (χ1v) is 18.3. The molecule has 0 saturated carbocycles. The highest BCUT2D eigenvalue weighted by Gasteiger charge is 2.27. The molecular weight excluding hydrogens is 663 g/mol. The third-order valence-corrected chi connectivity index (χ3v) is 10.6. The van der Waals surface area contributed by atoms with Crippen LogP contribution in [0.5, 0.6) is 0 Å². The van der Waals surface area contributed by atoms with Gasteiger partial charge in [-0.2, -0.15) is 0 Å². The van der Waals surface area contributed by atoms with Crippen molar-refractivity contribution in [1.82, 2.24) is 15.0 Å². The van der Waals surface area contributed by atoms with Crippen molar-refractivity contribution in [3.63, 3.8) is 0 Å². The van der Waals surface area contributed by atoms with Crippen LogP contribution in [0.1, 0.15) is 23.6 Å². The molecule has 0 N–H and O–H groups in total. The largest absolute Gasteiger partial charge is 0.460 e. The zero-order valence-electron chi connectivity index (χ0n) is 29.2. The van der Waals surface area contributed by atoms with E-state index in [0.717, 1.165) is 101 Å². The summed E-state index contributed by atoms with van der Waals surface area (Å²) in [4.78, 5) is 16.0. The Balaban J connectivity index is 1.19. The maximum absolute atomic E-state index is 6.48. The number of furan rings is 2. The number of hydrogen-bond donors (Lipinski definition) is 0. The number of nitrogens with zero attached hydrogens (tertiary/aromatic N) is 3. The summed E-state index contributed by atoms with van der Waals surface area (Å²) in [5, 5.41) is 5.34. The fourth-order valence-electron chi connectivity index (χ4n) is 8.05. The minimum atomic E-state index is 0.586. The number of fused-ring (bicyclic) bond motifs is 7. The van der Waals surface area contributed by atoms with E-state index in [0.29, 0.717) is 17.5 Å². The molecule has 7 aromatic carbocycles. The smallest absolute Gasteiger partial charge is 0.165 e. The summed E-state index contributed by atoms with van der Waals surface area (Å²) in [7, 11) is 0. The lowest BCUT2D eigenvalue weighted by Crippen LogP contribution is -2.07. The number of rotatable bonds is 5. The molecule has 0 saturated heterocycles. The van der Waals surface area contributed by atoms with Crippen LogP contribution in [0.2, 0.25) is 0 Å². The van der Waals surface area contributed by atoms with E-state index < -0.39 is 0 Å². The summed E-state index contributed by atoms with van der Waals surface area (Å²) in [6, 6.07) is 54.7. The quantitative estimate of drug-likeness (QED) is 0.179. The summed E-state index contributed by atoms with van der Waals surface area (Å²) < 4.78 is 12.9. The number of allylic oxidation sites excluding steroid dienone is 1. The molecule has 0 bridgehead atoms. The van der Waals surface area contributed by atoms with Gasteiger partial charge in [-0.25, -0.2) is 15.0 Å². The average Bonchev–Trinajstić information content (AvgIpc) is 3.82. The molecule has 0 atom stereocenters. The van der Waals surface area contributed by atoms with Crippen LogP contribution in [0, 0.1) is 0 Å². The van der Waals surface area contributed by atoms with Crippen LogP contribution in [0.15, 0.2) is 173 Å². The van der Waals surface area contributed by atoms with Gasteiger partial charge in [-0.05, 0) is 69.8 Å². The minimum Gasteiger partial charge on any atom is -0.460 e. The van der Waals surface area contributed by atoms with E-state index in [4.69, 9.17) is 23.8 Å². The van der Waals surface area contributed by atoms with Crippen molar-refractivity contribution in [3.8, 4) is 45.0 Å². The van der Waals surface area contributed by atoms with Gasteiger partial charge >= 0.3 is 0 Å². The highest BCUT2D eigenvalue weighted by Crippen LogP contribution is 2.44. The summed E-state index contributed by atoms with van der Waals surface area (Å²) in [6.07, 6.45) is 3.91. The summed E-state index contributed by atoms with van der Waals surface area (Å²) in [5.41, 5.74) is 10.7. The minimum absolute atomic E-state index is 0.586. The number of benzene rings is 7. The molecule has 5 heteroatoms. The molecule has 1 aliphatic carbocycles. The molecule has 10 aromatic rings. The van der Waals surface area contributed by atoms with Gasteiger partial charge in [0.2, 0.25) is 0 Å². The molecule has 11 rings (SSSR count). The van der Waals surface area contributed by atoms with Gasteiger partial charge in [0.05, 0.1) is 0 Å². The second-order valence-electron chi connectivity index (χ2n) is 13.8. The first kappa shape index (κ1) is 30.5. The van der Waals surface area contributed by atoms with E-state index in [1.165, 1.54) is 5.56 Å². The molecular formula is C49H31N3O2. The van der Waals surface area contributed by atoms with Crippen molar-refractivity contribution in [3.05, 3.63) is 181 Å². The van der Waals surface area contributed by atoms with Crippen LogP contribution < -0.4 is 0 Å². The average molecular weight is 694 g/mol. The molecule has 254 valence electrons. The van der Waals surface area contributed by atoms with Gasteiger partial charge in [-0.3, -0.25) is 0 Å². The molecule has 0 spiro atoms. The molecule has 3 heterocycles. The Kier molecular flexibility index (Phi) is 6.92. The number of aromatic nitrogens is 3. The van der Waals surface area contributed by atoms with Crippen molar-refractivity contribution >= 4 is 49.3 Å². The third kappa shape index (κ3) is 4.97. The Labute approximate surface area is 310 Å². The first-order valence-electron chi connectivity index (χ1n) is 18.3. The normalized spacial score (nSPS) is 12.8. The summed E-state index contributed by atoms with van der Waals surface area (Å²) in [6.45, 7) is 0. The molecule has 0 aliphatic heterocycles. The van der Waals surface area contributed by atoms with Gasteiger partial charge in [0.15, 0.2) is 17.5 Å². The first-order chi connectivity index (χ1) is 26.7. The van der Waals surface area contributed by atoms with Crippen LogP contribution in [0.25, 0.3) is 94.3 Å². The Morgan fingerprint density at radius 2 is 1.07 bits per heavy atom. The molecule has 5 nitrogen and oxygen atoms in total. The maximum atomic E-state index is 6.48. The lowest BCUT2D eigenvalue weighted by molar-refractivity contribution is 0.545. The Morgan fingerprint density at radius 1 is 0.426 bits per heavy atom. The van der Waals surface area contributed by atoms with Crippen LogP contribution in [0.4, 0.5) is 0 Å². The van der Waals surface area contributed by atoms with Gasteiger partial charge < -0.3 is 8.83 Å². The topological polar surface area (TPSA) is 65.0 Å². The van der Waals surface area contributed by atoms with Crippen molar-refractivity contribution < 1.29 is 8.83 Å². The van der Waals surface area contributed by atoms with Gasteiger partial charge in [-0.1, -0.05) is 133 Å². The number of aryl methyl sites for hydroxylation is 1. The lowest BCUT2D eigenvalue weighted by Gasteiger charge is -2.16. The predicted octanol–water partition coefficient (Wildman–Crippen LogP) is 12.7. The second-order valence-corrected chi connectivity index (χ2v) is 13.8. The molecule has 0 amide bonds.